The summed E-state index contributed by atoms with van der Waals surface area (Å²) in [7, 11) is 0. The van der Waals surface area contributed by atoms with Gasteiger partial charge in [0.2, 0.25) is 0 Å². The van der Waals surface area contributed by atoms with Crippen LogP contribution >= 0.6 is 0 Å². The minimum atomic E-state index is -1.10. The number of rotatable bonds is 5. The molecular formula is C14H20O3. The Labute approximate surface area is 102 Å². The maximum atomic E-state index is 10.1. The molecule has 3 nitrogen and oxygen atoms in total. The number of aliphatic hydroxyl groups is 2. The Morgan fingerprint density at radius 1 is 1.47 bits per heavy atom. The van der Waals surface area contributed by atoms with Crippen molar-refractivity contribution in [1.29, 1.82) is 0 Å². The van der Waals surface area contributed by atoms with Gasteiger partial charge in [-0.2, -0.15) is 0 Å². The summed E-state index contributed by atoms with van der Waals surface area (Å²) in [5.74, 6) is 0.774. The molecule has 1 saturated carbocycles. The first-order valence-corrected chi connectivity index (χ1v) is 6.20. The van der Waals surface area contributed by atoms with Gasteiger partial charge in [0.15, 0.2) is 0 Å². The normalized spacial score (nSPS) is 20.7. The zero-order valence-corrected chi connectivity index (χ0v) is 10.4. The third-order valence-corrected chi connectivity index (χ3v) is 3.31. The van der Waals surface area contributed by atoms with E-state index in [-0.39, 0.29) is 0 Å². The molecule has 2 atom stereocenters. The van der Waals surface area contributed by atoms with Crippen molar-refractivity contribution in [2.75, 3.05) is 0 Å². The van der Waals surface area contributed by atoms with Crippen molar-refractivity contribution in [3.05, 3.63) is 29.8 Å². The predicted molar refractivity (Wildman–Crippen MR) is 66.0 cm³/mol. The van der Waals surface area contributed by atoms with Gasteiger partial charge in [0.05, 0.1) is 11.7 Å². The molecular weight excluding hydrogens is 216 g/mol. The van der Waals surface area contributed by atoms with E-state index in [1.165, 1.54) is 0 Å². The molecule has 0 bridgehead atoms. The van der Waals surface area contributed by atoms with Gasteiger partial charge in [-0.25, -0.2) is 0 Å². The monoisotopic (exact) mass is 236 g/mol. The smallest absolute Gasteiger partial charge is 0.120 e. The van der Waals surface area contributed by atoms with Crippen molar-refractivity contribution >= 4 is 0 Å². The highest BCUT2D eigenvalue weighted by Gasteiger charge is 2.30. The molecule has 0 spiro atoms. The average molecular weight is 236 g/mol. The quantitative estimate of drug-likeness (QED) is 0.825. The molecule has 0 radical (unpaired) electrons. The first-order chi connectivity index (χ1) is 8.03. The van der Waals surface area contributed by atoms with E-state index in [0.29, 0.717) is 18.1 Å². The van der Waals surface area contributed by atoms with E-state index in [0.717, 1.165) is 18.6 Å². The molecule has 0 aromatic heterocycles. The van der Waals surface area contributed by atoms with Gasteiger partial charge in [0.25, 0.3) is 0 Å². The number of aliphatic hydroxyl groups excluding tert-OH is 1. The van der Waals surface area contributed by atoms with E-state index in [9.17, 15) is 10.2 Å². The van der Waals surface area contributed by atoms with Gasteiger partial charge in [0, 0.05) is 0 Å². The van der Waals surface area contributed by atoms with Crippen molar-refractivity contribution in [1.82, 2.24) is 0 Å². The van der Waals surface area contributed by atoms with E-state index >= 15 is 0 Å². The summed E-state index contributed by atoms with van der Waals surface area (Å²) < 4.78 is 5.67. The summed E-state index contributed by atoms with van der Waals surface area (Å²) in [5.41, 5.74) is -0.395. The summed E-state index contributed by atoms with van der Waals surface area (Å²) in [5, 5.41) is 20.2. The molecule has 1 fully saturated rings. The second kappa shape index (κ2) is 4.67. The maximum Gasteiger partial charge on any atom is 0.120 e. The predicted octanol–water partition coefficient (Wildman–Crippen LogP) is 2.42. The van der Waals surface area contributed by atoms with E-state index < -0.39 is 11.7 Å². The molecule has 2 rings (SSSR count). The van der Waals surface area contributed by atoms with E-state index in [1.807, 2.05) is 31.2 Å². The fraction of sp³-hybridized carbons (Fsp3) is 0.571. The third kappa shape index (κ3) is 2.99. The van der Waals surface area contributed by atoms with E-state index in [4.69, 9.17) is 4.74 Å². The van der Waals surface area contributed by atoms with Crippen LogP contribution < -0.4 is 4.74 Å². The number of ether oxygens (including phenoxy) is 1. The number of hydrogen-bond acceptors (Lipinski definition) is 3. The summed E-state index contributed by atoms with van der Waals surface area (Å²) in [6, 6.07) is 7.36. The van der Waals surface area contributed by atoms with Gasteiger partial charge in [-0.15, -0.1) is 0 Å². The van der Waals surface area contributed by atoms with E-state index in [1.54, 1.807) is 6.92 Å². The lowest BCUT2D eigenvalue weighted by molar-refractivity contribution is -0.0659. The van der Waals surface area contributed by atoms with Crippen molar-refractivity contribution < 1.29 is 14.9 Å². The van der Waals surface area contributed by atoms with Gasteiger partial charge >= 0.3 is 0 Å². The first-order valence-electron chi connectivity index (χ1n) is 6.20. The summed E-state index contributed by atoms with van der Waals surface area (Å²) in [4.78, 5) is 0. The lowest BCUT2D eigenvalue weighted by Gasteiger charge is -2.28. The average Bonchev–Trinajstić information content (AvgIpc) is 3.12. The standard InChI is InChI=1S/C14H20O3/c1-3-14(2,16)13(15)10-5-4-6-12(9-10)17-11-7-8-11/h4-6,9,11,13,15-16H,3,7-8H2,1-2H3. The first kappa shape index (κ1) is 12.4. The second-order valence-corrected chi connectivity index (χ2v) is 5.00. The summed E-state index contributed by atoms with van der Waals surface area (Å²) >= 11 is 0. The molecule has 0 amide bonds. The van der Waals surface area contributed by atoms with E-state index in [2.05, 4.69) is 0 Å². The fourth-order valence-corrected chi connectivity index (χ4v) is 1.69. The summed E-state index contributed by atoms with van der Waals surface area (Å²) in [6.45, 7) is 3.50. The van der Waals surface area contributed by atoms with Crippen LogP contribution in [0.4, 0.5) is 0 Å². The fourth-order valence-electron chi connectivity index (χ4n) is 1.69. The Kier molecular flexibility index (Phi) is 3.40. The van der Waals surface area contributed by atoms with Gasteiger partial charge < -0.3 is 14.9 Å². The molecule has 0 saturated heterocycles. The Morgan fingerprint density at radius 3 is 2.76 bits per heavy atom. The van der Waals surface area contributed by atoms with Crippen LogP contribution in [0.25, 0.3) is 0 Å². The Hall–Kier alpha value is -1.06. The van der Waals surface area contributed by atoms with Crippen LogP contribution in [-0.4, -0.2) is 21.9 Å². The number of benzene rings is 1. The molecule has 2 N–H and O–H groups in total. The van der Waals surface area contributed by atoms with Crippen LogP contribution in [0.3, 0.4) is 0 Å². The maximum absolute atomic E-state index is 10.1. The number of hydrogen-bond donors (Lipinski definition) is 2. The van der Waals surface area contributed by atoms with Gasteiger partial charge in [-0.1, -0.05) is 19.1 Å². The Balaban J connectivity index is 2.14. The molecule has 94 valence electrons. The summed E-state index contributed by atoms with van der Waals surface area (Å²) in [6.07, 6.45) is 2.19. The van der Waals surface area contributed by atoms with Crippen LogP contribution in [0.2, 0.25) is 0 Å². The van der Waals surface area contributed by atoms with Gasteiger partial charge in [-0.3, -0.25) is 0 Å². The highest BCUT2D eigenvalue weighted by Crippen LogP contribution is 2.32. The molecule has 0 aliphatic heterocycles. The lowest BCUT2D eigenvalue weighted by atomic mass is 9.90. The molecule has 0 heterocycles. The molecule has 3 heteroatoms. The molecule has 17 heavy (non-hydrogen) atoms. The minimum absolute atomic E-state index is 0.342. The van der Waals surface area contributed by atoms with Crippen LogP contribution in [0, 0.1) is 0 Å². The highest BCUT2D eigenvalue weighted by molar-refractivity contribution is 5.31. The Morgan fingerprint density at radius 2 is 2.18 bits per heavy atom. The molecule has 2 unspecified atom stereocenters. The molecule has 1 aliphatic carbocycles. The molecule has 1 aromatic rings. The van der Waals surface area contributed by atoms with Crippen LogP contribution in [-0.2, 0) is 0 Å². The van der Waals surface area contributed by atoms with Gasteiger partial charge in [0.1, 0.15) is 11.9 Å². The molecule has 1 aromatic carbocycles. The largest absolute Gasteiger partial charge is 0.490 e. The highest BCUT2D eigenvalue weighted by atomic mass is 16.5. The zero-order valence-electron chi connectivity index (χ0n) is 10.4. The lowest BCUT2D eigenvalue weighted by Crippen LogP contribution is -2.31. The van der Waals surface area contributed by atoms with Crippen molar-refractivity contribution in [2.45, 2.75) is 50.9 Å². The van der Waals surface area contributed by atoms with Crippen LogP contribution in [0.5, 0.6) is 5.75 Å². The van der Waals surface area contributed by atoms with Crippen molar-refractivity contribution in [3.8, 4) is 5.75 Å². The van der Waals surface area contributed by atoms with Crippen LogP contribution in [0.15, 0.2) is 24.3 Å². The topological polar surface area (TPSA) is 49.7 Å². The van der Waals surface area contributed by atoms with Crippen LogP contribution in [0.1, 0.15) is 44.8 Å². The second-order valence-electron chi connectivity index (χ2n) is 5.00. The zero-order chi connectivity index (χ0) is 12.5. The molecule has 1 aliphatic rings. The van der Waals surface area contributed by atoms with Crippen molar-refractivity contribution in [2.24, 2.45) is 0 Å². The Bertz CT molecular complexity index is 383. The SMILES string of the molecule is CCC(C)(O)C(O)c1cccc(OC2CC2)c1. The van der Waals surface area contributed by atoms with Gasteiger partial charge in [-0.05, 0) is 43.9 Å². The minimum Gasteiger partial charge on any atom is -0.490 e. The third-order valence-electron chi connectivity index (χ3n) is 3.31. The van der Waals surface area contributed by atoms with Crippen molar-refractivity contribution in [3.63, 3.8) is 0 Å².